The second-order valence-electron chi connectivity index (χ2n) is 2.97. The number of nitrogens with one attached hydrogen (secondary N) is 1. The van der Waals surface area contributed by atoms with Gasteiger partial charge in [-0.05, 0) is 31.2 Å². The first-order valence-electron chi connectivity index (χ1n) is 4.21. The van der Waals surface area contributed by atoms with E-state index in [0.717, 1.165) is 4.47 Å². The molecular formula is C10H9BrClNO2. The number of hydrogen-bond acceptors (Lipinski definition) is 2. The van der Waals surface area contributed by atoms with Gasteiger partial charge in [0, 0.05) is 10.2 Å². The summed E-state index contributed by atoms with van der Waals surface area (Å²) in [7, 11) is 0. The van der Waals surface area contributed by atoms with E-state index < -0.39 is 11.3 Å². The topological polar surface area (TPSA) is 46.2 Å². The minimum Gasteiger partial charge on any atom is -0.324 e. The quantitative estimate of drug-likeness (QED) is 0.687. The Morgan fingerprint density at radius 3 is 2.33 bits per heavy atom. The minimum atomic E-state index is -1.13. The molecule has 1 aromatic rings. The molecule has 1 rings (SSSR count). The van der Waals surface area contributed by atoms with E-state index in [1.165, 1.54) is 6.92 Å². The third-order valence-corrected chi connectivity index (χ3v) is 2.73. The van der Waals surface area contributed by atoms with Gasteiger partial charge in [0.2, 0.25) is 5.91 Å². The lowest BCUT2D eigenvalue weighted by Gasteiger charge is -2.07. The van der Waals surface area contributed by atoms with Gasteiger partial charge in [-0.25, -0.2) is 0 Å². The number of amides is 1. The van der Waals surface area contributed by atoms with E-state index in [1.807, 2.05) is 0 Å². The molecule has 0 aliphatic heterocycles. The van der Waals surface area contributed by atoms with Crippen molar-refractivity contribution in [2.75, 3.05) is 5.32 Å². The Balaban J connectivity index is 2.66. The molecule has 1 atom stereocenters. The maximum atomic E-state index is 11.4. The van der Waals surface area contributed by atoms with Gasteiger partial charge in [0.25, 0.3) is 0 Å². The molecule has 0 saturated heterocycles. The van der Waals surface area contributed by atoms with Gasteiger partial charge in [-0.15, -0.1) is 11.6 Å². The summed E-state index contributed by atoms with van der Waals surface area (Å²) in [5.41, 5.74) is 0.607. The standard InChI is InChI=1S/C10H9BrClNO2/c1-6(14)9(12)10(15)13-8-4-2-7(11)3-5-8/h2-5,9H,1H3,(H,13,15). The largest absolute Gasteiger partial charge is 0.324 e. The SMILES string of the molecule is CC(=O)C(Cl)C(=O)Nc1ccc(Br)cc1. The lowest BCUT2D eigenvalue weighted by Crippen LogP contribution is -2.28. The Morgan fingerprint density at radius 1 is 1.33 bits per heavy atom. The number of Topliss-reactive ketones (excluding diaryl/α,β-unsaturated/α-hetero) is 1. The van der Waals surface area contributed by atoms with E-state index in [1.54, 1.807) is 24.3 Å². The Labute approximate surface area is 101 Å². The van der Waals surface area contributed by atoms with Gasteiger partial charge in [0.15, 0.2) is 11.2 Å². The molecule has 0 radical (unpaired) electrons. The minimum absolute atomic E-state index is 0.369. The van der Waals surface area contributed by atoms with Crippen molar-refractivity contribution in [2.45, 2.75) is 12.3 Å². The fourth-order valence-electron chi connectivity index (χ4n) is 0.923. The molecule has 0 aliphatic carbocycles. The van der Waals surface area contributed by atoms with Crippen molar-refractivity contribution in [3.05, 3.63) is 28.7 Å². The maximum Gasteiger partial charge on any atom is 0.250 e. The lowest BCUT2D eigenvalue weighted by atomic mass is 10.2. The number of carbonyl (C=O) groups excluding carboxylic acids is 2. The summed E-state index contributed by atoms with van der Waals surface area (Å²) in [6.07, 6.45) is 0. The Kier molecular flexibility index (Phi) is 4.29. The molecule has 1 unspecified atom stereocenters. The van der Waals surface area contributed by atoms with Crippen LogP contribution >= 0.6 is 27.5 Å². The van der Waals surface area contributed by atoms with E-state index >= 15 is 0 Å². The number of rotatable bonds is 3. The van der Waals surface area contributed by atoms with Crippen LogP contribution in [0.25, 0.3) is 0 Å². The molecule has 0 aromatic heterocycles. The first-order chi connectivity index (χ1) is 7.00. The third kappa shape index (κ3) is 3.64. The summed E-state index contributed by atoms with van der Waals surface area (Å²) in [6, 6.07) is 7.00. The van der Waals surface area contributed by atoms with Crippen LogP contribution in [0.15, 0.2) is 28.7 Å². The highest BCUT2D eigenvalue weighted by atomic mass is 79.9. The first kappa shape index (κ1) is 12.2. The number of ketones is 1. The fraction of sp³-hybridized carbons (Fsp3) is 0.200. The zero-order valence-electron chi connectivity index (χ0n) is 7.96. The highest BCUT2D eigenvalue weighted by Crippen LogP contribution is 2.14. The number of halogens is 2. The molecule has 5 heteroatoms. The number of hydrogen-bond donors (Lipinski definition) is 1. The molecule has 0 spiro atoms. The van der Waals surface area contributed by atoms with Crippen LogP contribution in [0, 0.1) is 0 Å². The van der Waals surface area contributed by atoms with Crippen LogP contribution < -0.4 is 5.32 Å². The van der Waals surface area contributed by atoms with Crippen LogP contribution in [-0.4, -0.2) is 17.1 Å². The number of carbonyl (C=O) groups is 2. The monoisotopic (exact) mass is 289 g/mol. The summed E-state index contributed by atoms with van der Waals surface area (Å²) in [5.74, 6) is -0.877. The summed E-state index contributed by atoms with van der Waals surface area (Å²) in [6.45, 7) is 1.28. The van der Waals surface area contributed by atoms with Gasteiger partial charge >= 0.3 is 0 Å². The van der Waals surface area contributed by atoms with Crippen molar-refractivity contribution in [3.8, 4) is 0 Å². The second-order valence-corrected chi connectivity index (χ2v) is 4.32. The molecule has 3 nitrogen and oxygen atoms in total. The normalized spacial score (nSPS) is 11.9. The van der Waals surface area contributed by atoms with Crippen LogP contribution in [0.3, 0.4) is 0 Å². The van der Waals surface area contributed by atoms with E-state index in [0.29, 0.717) is 5.69 Å². The van der Waals surface area contributed by atoms with Crippen LogP contribution in [0.2, 0.25) is 0 Å². The van der Waals surface area contributed by atoms with Crippen molar-refractivity contribution in [2.24, 2.45) is 0 Å². The van der Waals surface area contributed by atoms with Gasteiger partial charge in [0.1, 0.15) is 0 Å². The Hall–Kier alpha value is -0.870. The van der Waals surface area contributed by atoms with Gasteiger partial charge < -0.3 is 5.32 Å². The molecule has 1 N–H and O–H groups in total. The summed E-state index contributed by atoms with van der Waals surface area (Å²) in [5, 5.41) is 1.41. The van der Waals surface area contributed by atoms with E-state index in [-0.39, 0.29) is 5.78 Å². The van der Waals surface area contributed by atoms with Crippen molar-refractivity contribution in [3.63, 3.8) is 0 Å². The molecule has 80 valence electrons. The Bertz CT molecular complexity index is 378. The molecule has 0 saturated carbocycles. The third-order valence-electron chi connectivity index (χ3n) is 1.70. The van der Waals surface area contributed by atoms with Crippen LogP contribution in [-0.2, 0) is 9.59 Å². The number of benzene rings is 1. The van der Waals surface area contributed by atoms with Crippen molar-refractivity contribution < 1.29 is 9.59 Å². The smallest absolute Gasteiger partial charge is 0.250 e. The second kappa shape index (κ2) is 5.28. The first-order valence-corrected chi connectivity index (χ1v) is 5.44. The Morgan fingerprint density at radius 2 is 1.87 bits per heavy atom. The van der Waals surface area contributed by atoms with Crippen LogP contribution in [0.5, 0.6) is 0 Å². The van der Waals surface area contributed by atoms with Crippen LogP contribution in [0.1, 0.15) is 6.92 Å². The van der Waals surface area contributed by atoms with Gasteiger partial charge in [-0.3, -0.25) is 9.59 Å². The molecular weight excluding hydrogens is 281 g/mol. The highest BCUT2D eigenvalue weighted by molar-refractivity contribution is 9.10. The molecule has 0 bridgehead atoms. The summed E-state index contributed by atoms with van der Waals surface area (Å²) in [4.78, 5) is 22.2. The lowest BCUT2D eigenvalue weighted by molar-refractivity contribution is -0.123. The predicted octanol–water partition coefficient (Wildman–Crippen LogP) is 2.58. The molecule has 1 aromatic carbocycles. The zero-order chi connectivity index (χ0) is 11.4. The average Bonchev–Trinajstić information content (AvgIpc) is 2.20. The van der Waals surface area contributed by atoms with E-state index in [2.05, 4.69) is 21.2 Å². The van der Waals surface area contributed by atoms with Gasteiger partial charge in [-0.1, -0.05) is 15.9 Å². The van der Waals surface area contributed by atoms with E-state index in [4.69, 9.17) is 11.6 Å². The zero-order valence-corrected chi connectivity index (χ0v) is 10.3. The van der Waals surface area contributed by atoms with Gasteiger partial charge in [-0.2, -0.15) is 0 Å². The maximum absolute atomic E-state index is 11.4. The summed E-state index contributed by atoms with van der Waals surface area (Å²) < 4.78 is 0.912. The number of alkyl halides is 1. The molecule has 1 amide bonds. The van der Waals surface area contributed by atoms with Crippen molar-refractivity contribution in [1.82, 2.24) is 0 Å². The van der Waals surface area contributed by atoms with Crippen LogP contribution in [0.4, 0.5) is 5.69 Å². The predicted molar refractivity (Wildman–Crippen MR) is 63.1 cm³/mol. The summed E-state index contributed by atoms with van der Waals surface area (Å²) >= 11 is 8.85. The van der Waals surface area contributed by atoms with E-state index in [9.17, 15) is 9.59 Å². The molecule has 0 heterocycles. The van der Waals surface area contributed by atoms with Gasteiger partial charge in [0.05, 0.1) is 0 Å². The molecule has 0 fully saturated rings. The fourth-order valence-corrected chi connectivity index (χ4v) is 1.24. The molecule has 15 heavy (non-hydrogen) atoms. The average molecular weight is 291 g/mol. The van der Waals surface area contributed by atoms with Crippen molar-refractivity contribution in [1.29, 1.82) is 0 Å². The highest BCUT2D eigenvalue weighted by Gasteiger charge is 2.19. The van der Waals surface area contributed by atoms with Crippen molar-refractivity contribution >= 4 is 44.9 Å². The molecule has 0 aliphatic rings. The number of anilines is 1.